The molecule has 0 fully saturated rings. The molecule has 3 rings (SSSR count). The quantitative estimate of drug-likeness (QED) is 0.789. The number of hydrogen-bond donors (Lipinski definition) is 1. The van der Waals surface area contributed by atoms with Crippen molar-refractivity contribution in [1.29, 1.82) is 0 Å². The highest BCUT2D eigenvalue weighted by Crippen LogP contribution is 2.26. The molecule has 0 saturated carbocycles. The summed E-state index contributed by atoms with van der Waals surface area (Å²) in [7, 11) is 0. The van der Waals surface area contributed by atoms with Gasteiger partial charge in [-0.25, -0.2) is 9.37 Å². The van der Waals surface area contributed by atoms with Crippen LogP contribution in [0.2, 0.25) is 0 Å². The SMILES string of the molecule is NCc1cc2ccccc2nc1Oc1ccc(F)cc1. The molecule has 0 aliphatic rings. The fourth-order valence-corrected chi connectivity index (χ4v) is 1.99. The number of benzene rings is 2. The molecule has 0 saturated heterocycles. The number of nitrogens with two attached hydrogens (primary N) is 1. The smallest absolute Gasteiger partial charge is 0.224 e. The van der Waals surface area contributed by atoms with Crippen molar-refractivity contribution in [2.45, 2.75) is 6.54 Å². The monoisotopic (exact) mass is 268 g/mol. The van der Waals surface area contributed by atoms with Crippen molar-refractivity contribution in [1.82, 2.24) is 4.98 Å². The van der Waals surface area contributed by atoms with Crippen LogP contribution >= 0.6 is 0 Å². The normalized spacial score (nSPS) is 10.7. The van der Waals surface area contributed by atoms with E-state index in [1.165, 1.54) is 12.1 Å². The largest absolute Gasteiger partial charge is 0.439 e. The Hall–Kier alpha value is -2.46. The van der Waals surface area contributed by atoms with Crippen molar-refractivity contribution in [3.8, 4) is 11.6 Å². The minimum absolute atomic E-state index is 0.303. The molecule has 4 heteroatoms. The van der Waals surface area contributed by atoms with Crippen LogP contribution in [0.4, 0.5) is 4.39 Å². The van der Waals surface area contributed by atoms with Crippen LogP contribution in [0.3, 0.4) is 0 Å². The molecule has 0 radical (unpaired) electrons. The number of nitrogens with zero attached hydrogens (tertiary/aromatic N) is 1. The Morgan fingerprint density at radius 3 is 2.55 bits per heavy atom. The van der Waals surface area contributed by atoms with Crippen LogP contribution in [0.15, 0.2) is 54.6 Å². The summed E-state index contributed by atoms with van der Waals surface area (Å²) in [5, 5.41) is 1.01. The van der Waals surface area contributed by atoms with Crippen LogP contribution in [0.1, 0.15) is 5.56 Å². The minimum atomic E-state index is -0.303. The summed E-state index contributed by atoms with van der Waals surface area (Å²) >= 11 is 0. The van der Waals surface area contributed by atoms with Gasteiger partial charge < -0.3 is 10.5 Å². The first-order valence-electron chi connectivity index (χ1n) is 6.28. The van der Waals surface area contributed by atoms with E-state index < -0.39 is 0 Å². The molecule has 100 valence electrons. The molecular formula is C16H13FN2O. The van der Waals surface area contributed by atoms with Gasteiger partial charge in [0.05, 0.1) is 5.52 Å². The van der Waals surface area contributed by atoms with Crippen LogP contribution in [0.5, 0.6) is 11.6 Å². The Morgan fingerprint density at radius 1 is 1.05 bits per heavy atom. The molecular weight excluding hydrogens is 255 g/mol. The number of fused-ring (bicyclic) bond motifs is 1. The molecule has 2 N–H and O–H groups in total. The predicted molar refractivity (Wildman–Crippen MR) is 76.1 cm³/mol. The Kier molecular flexibility index (Phi) is 3.31. The van der Waals surface area contributed by atoms with E-state index >= 15 is 0 Å². The summed E-state index contributed by atoms with van der Waals surface area (Å²) in [5.74, 6) is 0.685. The van der Waals surface area contributed by atoms with Gasteiger partial charge in [0.1, 0.15) is 11.6 Å². The van der Waals surface area contributed by atoms with Crippen molar-refractivity contribution in [2.75, 3.05) is 0 Å². The van der Waals surface area contributed by atoms with E-state index in [2.05, 4.69) is 4.98 Å². The van der Waals surface area contributed by atoms with Crippen molar-refractivity contribution >= 4 is 10.9 Å². The van der Waals surface area contributed by atoms with Gasteiger partial charge in [-0.15, -0.1) is 0 Å². The zero-order chi connectivity index (χ0) is 13.9. The minimum Gasteiger partial charge on any atom is -0.439 e. The second-order valence-corrected chi connectivity index (χ2v) is 4.41. The molecule has 1 heterocycles. The summed E-state index contributed by atoms with van der Waals surface area (Å²) in [6.07, 6.45) is 0. The van der Waals surface area contributed by atoms with Crippen molar-refractivity contribution < 1.29 is 9.13 Å². The van der Waals surface area contributed by atoms with E-state index in [4.69, 9.17) is 10.5 Å². The van der Waals surface area contributed by atoms with Crippen LogP contribution in [-0.2, 0) is 6.54 Å². The van der Waals surface area contributed by atoms with Gasteiger partial charge in [0.25, 0.3) is 0 Å². The van der Waals surface area contributed by atoms with Crippen LogP contribution < -0.4 is 10.5 Å². The highest BCUT2D eigenvalue weighted by Gasteiger charge is 2.08. The Balaban J connectivity index is 2.03. The maximum atomic E-state index is 12.9. The van der Waals surface area contributed by atoms with Gasteiger partial charge in [0.15, 0.2) is 0 Å². The third-order valence-electron chi connectivity index (χ3n) is 3.01. The van der Waals surface area contributed by atoms with Crippen LogP contribution in [-0.4, -0.2) is 4.98 Å². The van der Waals surface area contributed by atoms with Gasteiger partial charge >= 0.3 is 0 Å². The number of hydrogen-bond acceptors (Lipinski definition) is 3. The molecule has 20 heavy (non-hydrogen) atoms. The van der Waals surface area contributed by atoms with Gasteiger partial charge in [0, 0.05) is 17.5 Å². The molecule has 0 aliphatic heterocycles. The fraction of sp³-hybridized carbons (Fsp3) is 0.0625. The molecule has 0 unspecified atom stereocenters. The maximum absolute atomic E-state index is 12.9. The fourth-order valence-electron chi connectivity index (χ4n) is 1.99. The first-order chi connectivity index (χ1) is 9.76. The molecule has 0 aliphatic carbocycles. The van der Waals surface area contributed by atoms with Gasteiger partial charge in [-0.3, -0.25) is 0 Å². The van der Waals surface area contributed by atoms with Crippen molar-refractivity contribution in [3.05, 3.63) is 66.0 Å². The van der Waals surface area contributed by atoms with Gasteiger partial charge in [0.2, 0.25) is 5.88 Å². The second-order valence-electron chi connectivity index (χ2n) is 4.41. The zero-order valence-electron chi connectivity index (χ0n) is 10.7. The van der Waals surface area contributed by atoms with E-state index in [1.54, 1.807) is 12.1 Å². The van der Waals surface area contributed by atoms with Gasteiger partial charge in [-0.2, -0.15) is 0 Å². The van der Waals surface area contributed by atoms with E-state index in [1.807, 2.05) is 30.3 Å². The van der Waals surface area contributed by atoms with Gasteiger partial charge in [-0.05, 0) is 36.4 Å². The van der Waals surface area contributed by atoms with Crippen LogP contribution in [0, 0.1) is 5.82 Å². The zero-order valence-corrected chi connectivity index (χ0v) is 10.7. The van der Waals surface area contributed by atoms with E-state index in [-0.39, 0.29) is 5.82 Å². The first kappa shape index (κ1) is 12.6. The Bertz CT molecular complexity index is 741. The third-order valence-corrected chi connectivity index (χ3v) is 3.01. The van der Waals surface area contributed by atoms with E-state index in [9.17, 15) is 4.39 Å². The summed E-state index contributed by atoms with van der Waals surface area (Å²) < 4.78 is 18.6. The molecule has 0 amide bonds. The predicted octanol–water partition coefficient (Wildman–Crippen LogP) is 3.62. The highest BCUT2D eigenvalue weighted by molar-refractivity contribution is 5.80. The molecule has 3 nitrogen and oxygen atoms in total. The number of aromatic nitrogens is 1. The summed E-state index contributed by atoms with van der Waals surface area (Å²) in [6, 6.07) is 15.5. The molecule has 0 bridgehead atoms. The Morgan fingerprint density at radius 2 is 1.80 bits per heavy atom. The van der Waals surface area contributed by atoms with E-state index in [0.29, 0.717) is 18.2 Å². The maximum Gasteiger partial charge on any atom is 0.224 e. The lowest BCUT2D eigenvalue weighted by Gasteiger charge is -2.10. The number of pyridine rings is 1. The number of ether oxygens (including phenoxy) is 1. The average molecular weight is 268 g/mol. The average Bonchev–Trinajstić information content (AvgIpc) is 2.49. The standard InChI is InChI=1S/C16H13FN2O/c17-13-5-7-14(8-6-13)20-16-12(10-18)9-11-3-1-2-4-15(11)19-16/h1-9H,10,18H2. The lowest BCUT2D eigenvalue weighted by atomic mass is 10.1. The number of halogens is 1. The number of para-hydroxylation sites is 1. The summed E-state index contributed by atoms with van der Waals surface area (Å²) in [4.78, 5) is 4.47. The Labute approximate surface area is 115 Å². The third kappa shape index (κ3) is 2.46. The summed E-state index contributed by atoms with van der Waals surface area (Å²) in [5.41, 5.74) is 7.39. The van der Waals surface area contributed by atoms with Crippen molar-refractivity contribution in [3.63, 3.8) is 0 Å². The highest BCUT2D eigenvalue weighted by atomic mass is 19.1. The topological polar surface area (TPSA) is 48.1 Å². The molecule has 2 aromatic carbocycles. The van der Waals surface area contributed by atoms with Crippen LogP contribution in [0.25, 0.3) is 10.9 Å². The van der Waals surface area contributed by atoms with Crippen molar-refractivity contribution in [2.24, 2.45) is 5.73 Å². The molecule has 1 aromatic heterocycles. The lowest BCUT2D eigenvalue weighted by Crippen LogP contribution is -2.01. The number of rotatable bonds is 3. The molecule has 0 spiro atoms. The second kappa shape index (κ2) is 5.27. The molecule has 0 atom stereocenters. The van der Waals surface area contributed by atoms with Gasteiger partial charge in [-0.1, -0.05) is 18.2 Å². The summed E-state index contributed by atoms with van der Waals surface area (Å²) in [6.45, 7) is 0.328. The lowest BCUT2D eigenvalue weighted by molar-refractivity contribution is 0.457. The first-order valence-corrected chi connectivity index (χ1v) is 6.28. The molecule has 3 aromatic rings. The van der Waals surface area contributed by atoms with E-state index in [0.717, 1.165) is 16.5 Å².